The van der Waals surface area contributed by atoms with Gasteiger partial charge < -0.3 is 9.64 Å². The van der Waals surface area contributed by atoms with Crippen LogP contribution in [-0.4, -0.2) is 45.0 Å². The Bertz CT molecular complexity index is 822. The molecule has 0 bridgehead atoms. The summed E-state index contributed by atoms with van der Waals surface area (Å²) in [6, 6.07) is 10.3. The van der Waals surface area contributed by atoms with Crippen LogP contribution < -0.4 is 4.90 Å². The van der Waals surface area contributed by atoms with Crippen molar-refractivity contribution in [2.45, 2.75) is 32.6 Å². The Kier molecular flexibility index (Phi) is 3.90. The van der Waals surface area contributed by atoms with Crippen molar-refractivity contribution in [3.8, 4) is 0 Å². The van der Waals surface area contributed by atoms with Gasteiger partial charge in [-0.05, 0) is 19.4 Å². The molecule has 1 aliphatic heterocycles. The highest BCUT2D eigenvalue weighted by Crippen LogP contribution is 2.26. The molecule has 0 N–H and O–H groups in total. The van der Waals surface area contributed by atoms with Gasteiger partial charge in [-0.15, -0.1) is 0 Å². The fraction of sp³-hybridized carbons (Fsp3) is 0.389. The SMILES string of the molecule is CC1CN(c2ncnc3c2cnn3Cc2ccccc2)CC(C)O1. The molecular formula is C18H21N5O. The summed E-state index contributed by atoms with van der Waals surface area (Å²) in [4.78, 5) is 11.3. The molecule has 6 heteroatoms. The second kappa shape index (κ2) is 6.20. The quantitative estimate of drug-likeness (QED) is 0.741. The van der Waals surface area contributed by atoms with Crippen LogP contribution in [0.4, 0.5) is 5.82 Å². The van der Waals surface area contributed by atoms with Gasteiger partial charge >= 0.3 is 0 Å². The molecule has 0 saturated carbocycles. The van der Waals surface area contributed by atoms with E-state index in [1.807, 2.05) is 29.1 Å². The molecule has 1 saturated heterocycles. The summed E-state index contributed by atoms with van der Waals surface area (Å²) in [5.74, 6) is 0.946. The summed E-state index contributed by atoms with van der Waals surface area (Å²) in [5.41, 5.74) is 2.08. The van der Waals surface area contributed by atoms with Gasteiger partial charge in [0.1, 0.15) is 12.1 Å². The van der Waals surface area contributed by atoms with Crippen LogP contribution in [0.25, 0.3) is 11.0 Å². The van der Waals surface area contributed by atoms with Crippen LogP contribution in [0, 0.1) is 0 Å². The van der Waals surface area contributed by atoms with Gasteiger partial charge in [-0.1, -0.05) is 30.3 Å². The minimum atomic E-state index is 0.193. The summed E-state index contributed by atoms with van der Waals surface area (Å²) in [6.45, 7) is 6.57. The van der Waals surface area contributed by atoms with Gasteiger partial charge in [0.2, 0.25) is 0 Å². The van der Waals surface area contributed by atoms with E-state index in [0.29, 0.717) is 6.54 Å². The molecule has 24 heavy (non-hydrogen) atoms. The van der Waals surface area contributed by atoms with E-state index in [2.05, 4.69) is 45.9 Å². The number of hydrogen-bond acceptors (Lipinski definition) is 5. The first-order valence-corrected chi connectivity index (χ1v) is 8.31. The standard InChI is InChI=1S/C18H21N5O/c1-13-9-22(10-14(2)24-13)17-16-8-21-23(18(16)20-12-19-17)11-15-6-4-3-5-7-15/h3-8,12-14H,9-11H2,1-2H3. The number of hydrogen-bond donors (Lipinski definition) is 0. The van der Waals surface area contributed by atoms with Crippen LogP contribution in [-0.2, 0) is 11.3 Å². The summed E-state index contributed by atoms with van der Waals surface area (Å²) in [5, 5.41) is 5.54. The molecule has 0 aliphatic carbocycles. The van der Waals surface area contributed by atoms with Crippen molar-refractivity contribution in [1.82, 2.24) is 19.7 Å². The van der Waals surface area contributed by atoms with Crippen molar-refractivity contribution in [2.24, 2.45) is 0 Å². The largest absolute Gasteiger partial charge is 0.372 e. The van der Waals surface area contributed by atoms with Crippen molar-refractivity contribution < 1.29 is 4.74 Å². The molecule has 3 aromatic rings. The van der Waals surface area contributed by atoms with Crippen LogP contribution in [0.5, 0.6) is 0 Å². The Hall–Kier alpha value is -2.47. The molecule has 2 atom stereocenters. The van der Waals surface area contributed by atoms with Crippen LogP contribution in [0.1, 0.15) is 19.4 Å². The predicted molar refractivity (Wildman–Crippen MR) is 93.1 cm³/mol. The minimum Gasteiger partial charge on any atom is -0.372 e. The van der Waals surface area contributed by atoms with Crippen molar-refractivity contribution in [3.05, 3.63) is 48.4 Å². The average Bonchev–Trinajstić information content (AvgIpc) is 2.98. The first kappa shape index (κ1) is 15.1. The molecule has 0 spiro atoms. The highest BCUT2D eigenvalue weighted by Gasteiger charge is 2.25. The molecular weight excluding hydrogens is 302 g/mol. The number of rotatable bonds is 3. The highest BCUT2D eigenvalue weighted by atomic mass is 16.5. The number of anilines is 1. The molecule has 1 fully saturated rings. The third kappa shape index (κ3) is 2.85. The van der Waals surface area contributed by atoms with Crippen molar-refractivity contribution in [3.63, 3.8) is 0 Å². The lowest BCUT2D eigenvalue weighted by atomic mass is 10.2. The maximum absolute atomic E-state index is 5.83. The second-order valence-corrected chi connectivity index (χ2v) is 6.38. The van der Waals surface area contributed by atoms with E-state index < -0.39 is 0 Å². The number of ether oxygens (including phenoxy) is 1. The Morgan fingerprint density at radius 1 is 1.08 bits per heavy atom. The van der Waals surface area contributed by atoms with Gasteiger partial charge in [0, 0.05) is 13.1 Å². The van der Waals surface area contributed by atoms with Crippen molar-refractivity contribution in [2.75, 3.05) is 18.0 Å². The van der Waals surface area contributed by atoms with E-state index in [1.165, 1.54) is 5.56 Å². The van der Waals surface area contributed by atoms with E-state index >= 15 is 0 Å². The Balaban J connectivity index is 1.69. The number of fused-ring (bicyclic) bond motifs is 1. The zero-order valence-electron chi connectivity index (χ0n) is 14.0. The third-order valence-electron chi connectivity index (χ3n) is 4.31. The molecule has 2 unspecified atom stereocenters. The Morgan fingerprint density at radius 3 is 2.58 bits per heavy atom. The molecule has 0 amide bonds. The fourth-order valence-electron chi connectivity index (χ4n) is 3.36. The van der Waals surface area contributed by atoms with Gasteiger partial charge in [-0.3, -0.25) is 0 Å². The predicted octanol–water partition coefficient (Wildman–Crippen LogP) is 2.49. The second-order valence-electron chi connectivity index (χ2n) is 6.38. The van der Waals surface area contributed by atoms with Crippen molar-refractivity contribution in [1.29, 1.82) is 0 Å². The van der Waals surface area contributed by atoms with Gasteiger partial charge in [-0.2, -0.15) is 5.10 Å². The molecule has 4 rings (SSSR count). The van der Waals surface area contributed by atoms with Gasteiger partial charge in [-0.25, -0.2) is 14.6 Å². The zero-order valence-corrected chi connectivity index (χ0v) is 14.0. The normalized spacial score (nSPS) is 21.3. The van der Waals surface area contributed by atoms with Gasteiger partial charge in [0.15, 0.2) is 5.65 Å². The van der Waals surface area contributed by atoms with Crippen LogP contribution in [0.15, 0.2) is 42.9 Å². The summed E-state index contributed by atoms with van der Waals surface area (Å²) >= 11 is 0. The fourth-order valence-corrected chi connectivity index (χ4v) is 3.36. The van der Waals surface area contributed by atoms with Crippen molar-refractivity contribution >= 4 is 16.9 Å². The molecule has 2 aromatic heterocycles. The van der Waals surface area contributed by atoms with Crippen LogP contribution >= 0.6 is 0 Å². The Labute approximate surface area is 141 Å². The first-order valence-electron chi connectivity index (χ1n) is 8.31. The molecule has 1 aliphatic rings. The van der Waals surface area contributed by atoms with Gasteiger partial charge in [0.05, 0.1) is 30.3 Å². The highest BCUT2D eigenvalue weighted by molar-refractivity contribution is 5.86. The molecule has 124 valence electrons. The van der Waals surface area contributed by atoms with E-state index in [9.17, 15) is 0 Å². The zero-order chi connectivity index (χ0) is 16.5. The molecule has 0 radical (unpaired) electrons. The smallest absolute Gasteiger partial charge is 0.163 e. The lowest BCUT2D eigenvalue weighted by Gasteiger charge is -2.36. The Morgan fingerprint density at radius 2 is 1.83 bits per heavy atom. The van der Waals surface area contributed by atoms with E-state index in [4.69, 9.17) is 4.74 Å². The topological polar surface area (TPSA) is 56.1 Å². The van der Waals surface area contributed by atoms with E-state index in [0.717, 1.165) is 29.9 Å². The van der Waals surface area contributed by atoms with E-state index in [-0.39, 0.29) is 12.2 Å². The minimum absolute atomic E-state index is 0.193. The first-order chi connectivity index (χ1) is 11.7. The summed E-state index contributed by atoms with van der Waals surface area (Å²) in [6.07, 6.45) is 3.89. The number of benzene rings is 1. The molecule has 6 nitrogen and oxygen atoms in total. The maximum Gasteiger partial charge on any atom is 0.163 e. The number of morpholine rings is 1. The lowest BCUT2D eigenvalue weighted by Crippen LogP contribution is -2.45. The third-order valence-corrected chi connectivity index (χ3v) is 4.31. The number of nitrogens with zero attached hydrogens (tertiary/aromatic N) is 5. The van der Waals surface area contributed by atoms with Gasteiger partial charge in [0.25, 0.3) is 0 Å². The van der Waals surface area contributed by atoms with Crippen LogP contribution in [0.3, 0.4) is 0 Å². The number of aromatic nitrogens is 4. The maximum atomic E-state index is 5.83. The van der Waals surface area contributed by atoms with E-state index in [1.54, 1.807) is 6.33 Å². The summed E-state index contributed by atoms with van der Waals surface area (Å²) in [7, 11) is 0. The summed E-state index contributed by atoms with van der Waals surface area (Å²) < 4.78 is 7.76. The monoisotopic (exact) mass is 323 g/mol. The molecule has 3 heterocycles. The molecule has 1 aromatic carbocycles. The lowest BCUT2D eigenvalue weighted by molar-refractivity contribution is -0.00537. The average molecular weight is 323 g/mol. The van der Waals surface area contributed by atoms with Crippen LogP contribution in [0.2, 0.25) is 0 Å².